The summed E-state index contributed by atoms with van der Waals surface area (Å²) in [6.45, 7) is 1.81. The quantitative estimate of drug-likeness (QED) is 0.827. The van der Waals surface area contributed by atoms with E-state index in [9.17, 15) is 9.18 Å². The lowest BCUT2D eigenvalue weighted by molar-refractivity contribution is -0.118. The predicted molar refractivity (Wildman–Crippen MR) is 79.9 cm³/mol. The minimum absolute atomic E-state index is 0.00755. The highest BCUT2D eigenvalue weighted by molar-refractivity contribution is 6.35. The Hall–Kier alpha value is -1.79. The van der Waals surface area contributed by atoms with Gasteiger partial charge in [-0.2, -0.15) is 5.10 Å². The lowest BCUT2D eigenvalue weighted by Gasteiger charge is -2.16. The van der Waals surface area contributed by atoms with Crippen molar-refractivity contribution in [3.05, 3.63) is 46.0 Å². The Morgan fingerprint density at radius 3 is 2.86 bits per heavy atom. The minimum Gasteiger partial charge on any atom is -0.376 e. The van der Waals surface area contributed by atoms with E-state index in [0.717, 1.165) is 0 Å². The first-order valence-electron chi connectivity index (χ1n) is 6.08. The van der Waals surface area contributed by atoms with Crippen LogP contribution in [0.15, 0.2) is 24.5 Å². The average Bonchev–Trinajstić information content (AvgIpc) is 2.80. The maximum Gasteiger partial charge on any atom is 0.239 e. The summed E-state index contributed by atoms with van der Waals surface area (Å²) < 4.78 is 14.9. The fourth-order valence-corrected chi connectivity index (χ4v) is 2.43. The van der Waals surface area contributed by atoms with Crippen molar-refractivity contribution in [2.24, 2.45) is 5.73 Å². The molecule has 1 unspecified atom stereocenters. The van der Waals surface area contributed by atoms with Gasteiger partial charge in [0.1, 0.15) is 12.4 Å². The highest BCUT2D eigenvalue weighted by Gasteiger charge is 2.14. The number of nitrogens with two attached hydrogens (primary N) is 1. The predicted octanol–water partition coefficient (Wildman–Crippen LogP) is 2.99. The van der Waals surface area contributed by atoms with E-state index in [4.69, 9.17) is 28.9 Å². The van der Waals surface area contributed by atoms with E-state index in [1.807, 2.05) is 6.92 Å². The van der Waals surface area contributed by atoms with Crippen LogP contribution in [0.3, 0.4) is 0 Å². The van der Waals surface area contributed by atoms with Crippen molar-refractivity contribution in [3.8, 4) is 0 Å². The molecule has 1 heterocycles. The molecule has 112 valence electrons. The fraction of sp³-hybridized carbons (Fsp3) is 0.231. The zero-order valence-corrected chi connectivity index (χ0v) is 12.6. The van der Waals surface area contributed by atoms with Gasteiger partial charge in [-0.1, -0.05) is 23.2 Å². The van der Waals surface area contributed by atoms with Crippen molar-refractivity contribution < 1.29 is 9.18 Å². The molecule has 0 aliphatic heterocycles. The second-order valence-electron chi connectivity index (χ2n) is 4.55. The summed E-state index contributed by atoms with van der Waals surface area (Å²) in [5, 5.41) is 7.44. The molecule has 21 heavy (non-hydrogen) atoms. The van der Waals surface area contributed by atoms with Crippen LogP contribution in [-0.2, 0) is 11.3 Å². The van der Waals surface area contributed by atoms with E-state index >= 15 is 0 Å². The van der Waals surface area contributed by atoms with Crippen LogP contribution >= 0.6 is 23.2 Å². The Morgan fingerprint density at radius 2 is 2.19 bits per heavy atom. The smallest absolute Gasteiger partial charge is 0.239 e. The zero-order chi connectivity index (χ0) is 15.6. The Kier molecular flexibility index (Phi) is 4.69. The van der Waals surface area contributed by atoms with Gasteiger partial charge >= 0.3 is 0 Å². The number of carbonyl (C=O) groups excluding carboxylic acids is 1. The molecule has 1 amide bonds. The van der Waals surface area contributed by atoms with Crippen LogP contribution in [0, 0.1) is 5.82 Å². The van der Waals surface area contributed by atoms with Crippen LogP contribution in [0.4, 0.5) is 10.1 Å². The maximum atomic E-state index is 13.5. The molecule has 0 fully saturated rings. The molecule has 8 heteroatoms. The van der Waals surface area contributed by atoms with Gasteiger partial charge in [-0.3, -0.25) is 9.48 Å². The van der Waals surface area contributed by atoms with Crippen molar-refractivity contribution in [1.29, 1.82) is 0 Å². The van der Waals surface area contributed by atoms with Crippen molar-refractivity contribution in [2.45, 2.75) is 19.5 Å². The number of nitrogens with zero attached hydrogens (tertiary/aromatic N) is 2. The van der Waals surface area contributed by atoms with E-state index < -0.39 is 11.7 Å². The number of benzene rings is 1. The number of nitrogens with one attached hydrogen (secondary N) is 1. The Labute approximate surface area is 130 Å². The fourth-order valence-electron chi connectivity index (χ4n) is 1.88. The molecule has 3 N–H and O–H groups in total. The van der Waals surface area contributed by atoms with E-state index in [1.54, 1.807) is 12.4 Å². The summed E-state index contributed by atoms with van der Waals surface area (Å²) in [5.41, 5.74) is 6.32. The van der Waals surface area contributed by atoms with Crippen LogP contribution in [0.2, 0.25) is 10.0 Å². The van der Waals surface area contributed by atoms with Gasteiger partial charge in [0, 0.05) is 11.2 Å². The summed E-state index contributed by atoms with van der Waals surface area (Å²) in [7, 11) is 0. The molecular formula is C13H13Cl2FN4O. The molecule has 0 aliphatic rings. The largest absolute Gasteiger partial charge is 0.376 e. The molecule has 0 radical (unpaired) electrons. The first-order chi connectivity index (χ1) is 9.86. The molecule has 0 aliphatic carbocycles. The van der Waals surface area contributed by atoms with Gasteiger partial charge in [-0.15, -0.1) is 0 Å². The summed E-state index contributed by atoms with van der Waals surface area (Å²) >= 11 is 11.7. The molecule has 2 rings (SSSR count). The second-order valence-corrected chi connectivity index (χ2v) is 5.36. The van der Waals surface area contributed by atoms with Gasteiger partial charge in [0.15, 0.2) is 0 Å². The Bertz CT molecular complexity index is 674. The maximum absolute atomic E-state index is 13.5. The van der Waals surface area contributed by atoms with E-state index in [0.29, 0.717) is 16.3 Å². The monoisotopic (exact) mass is 330 g/mol. The summed E-state index contributed by atoms with van der Waals surface area (Å²) in [6, 6.07) is 2.38. The first kappa shape index (κ1) is 15.6. The van der Waals surface area contributed by atoms with Crippen molar-refractivity contribution in [1.82, 2.24) is 9.78 Å². The normalized spacial score (nSPS) is 12.2. The number of hydrogen-bond donors (Lipinski definition) is 2. The summed E-state index contributed by atoms with van der Waals surface area (Å²) in [6.07, 6.45) is 3.17. The van der Waals surface area contributed by atoms with E-state index in [2.05, 4.69) is 10.4 Å². The number of carbonyl (C=O) groups is 1. The Morgan fingerprint density at radius 1 is 1.48 bits per heavy atom. The number of anilines is 1. The lowest BCUT2D eigenvalue weighted by Crippen LogP contribution is -2.18. The van der Waals surface area contributed by atoms with Crippen LogP contribution < -0.4 is 11.1 Å². The third-order valence-electron chi connectivity index (χ3n) is 2.84. The molecule has 1 atom stereocenters. The summed E-state index contributed by atoms with van der Waals surface area (Å²) in [4.78, 5) is 10.8. The molecule has 1 aromatic heterocycles. The van der Waals surface area contributed by atoms with Crippen LogP contribution in [-0.4, -0.2) is 15.7 Å². The molecule has 5 nitrogen and oxygen atoms in total. The molecule has 0 saturated heterocycles. The molecule has 2 aromatic rings. The van der Waals surface area contributed by atoms with Crippen molar-refractivity contribution in [2.75, 3.05) is 5.32 Å². The van der Waals surface area contributed by atoms with Crippen LogP contribution in [0.1, 0.15) is 18.5 Å². The third-order valence-corrected chi connectivity index (χ3v) is 3.46. The number of amides is 1. The first-order valence-corrected chi connectivity index (χ1v) is 6.84. The minimum atomic E-state index is -0.533. The number of hydrogen-bond acceptors (Lipinski definition) is 3. The molecule has 1 aromatic carbocycles. The van der Waals surface area contributed by atoms with Gasteiger partial charge in [0.25, 0.3) is 0 Å². The SMILES string of the molecule is CC(Nc1cnn(CC(N)=O)c1)c1cc(F)c(Cl)cc1Cl. The van der Waals surface area contributed by atoms with Gasteiger partial charge in [0.2, 0.25) is 5.91 Å². The van der Waals surface area contributed by atoms with E-state index in [1.165, 1.54) is 16.8 Å². The highest BCUT2D eigenvalue weighted by Crippen LogP contribution is 2.30. The average molecular weight is 331 g/mol. The van der Waals surface area contributed by atoms with E-state index in [-0.39, 0.29) is 17.6 Å². The topological polar surface area (TPSA) is 72.9 Å². The number of aromatic nitrogens is 2. The summed E-state index contributed by atoms with van der Waals surface area (Å²) in [5.74, 6) is -1.02. The number of rotatable bonds is 5. The highest BCUT2D eigenvalue weighted by atomic mass is 35.5. The molecule has 0 saturated carbocycles. The van der Waals surface area contributed by atoms with Crippen molar-refractivity contribution >= 4 is 34.8 Å². The standard InChI is InChI=1S/C13H13Cl2FN4O/c1-7(9-2-12(16)11(15)3-10(9)14)19-8-4-18-20(5-8)6-13(17)21/h2-5,7,19H,6H2,1H3,(H2,17,21). The van der Waals surface area contributed by atoms with Gasteiger partial charge in [-0.05, 0) is 24.6 Å². The van der Waals surface area contributed by atoms with Gasteiger partial charge in [-0.25, -0.2) is 4.39 Å². The molecule has 0 bridgehead atoms. The third kappa shape index (κ3) is 3.86. The zero-order valence-electron chi connectivity index (χ0n) is 11.1. The number of primary amides is 1. The number of halogens is 3. The Balaban J connectivity index is 2.14. The molecular weight excluding hydrogens is 318 g/mol. The lowest BCUT2D eigenvalue weighted by atomic mass is 10.1. The van der Waals surface area contributed by atoms with Crippen LogP contribution in [0.25, 0.3) is 0 Å². The van der Waals surface area contributed by atoms with Gasteiger partial charge < -0.3 is 11.1 Å². The second kappa shape index (κ2) is 6.32. The molecule has 0 spiro atoms. The van der Waals surface area contributed by atoms with Crippen LogP contribution in [0.5, 0.6) is 0 Å². The van der Waals surface area contributed by atoms with Crippen molar-refractivity contribution in [3.63, 3.8) is 0 Å². The van der Waals surface area contributed by atoms with Gasteiger partial charge in [0.05, 0.1) is 22.9 Å².